The van der Waals surface area contributed by atoms with E-state index in [4.69, 9.17) is 4.42 Å². The summed E-state index contributed by atoms with van der Waals surface area (Å²) in [5.41, 5.74) is 0.452. The standard InChI is InChI=1S/C18H13F2N5O3/c1-24-13-5-3-2-4-12(13)17(26)25(18(24)27)9-11-7-6-10(8-21-11)15-22-23-16(28-15)14(19)20/h2-8,14H,9H2,1H3. The third-order valence-electron chi connectivity index (χ3n) is 4.28. The van der Waals surface area contributed by atoms with Crippen LogP contribution in [0.4, 0.5) is 8.78 Å². The predicted molar refractivity (Wildman–Crippen MR) is 95.0 cm³/mol. The molecule has 0 unspecified atom stereocenters. The zero-order valence-corrected chi connectivity index (χ0v) is 14.5. The van der Waals surface area contributed by atoms with Gasteiger partial charge >= 0.3 is 12.1 Å². The van der Waals surface area contributed by atoms with E-state index in [0.717, 1.165) is 4.57 Å². The molecule has 0 fully saturated rings. The van der Waals surface area contributed by atoms with Gasteiger partial charge in [-0.15, -0.1) is 10.2 Å². The van der Waals surface area contributed by atoms with Gasteiger partial charge in [0.2, 0.25) is 5.89 Å². The van der Waals surface area contributed by atoms with Crippen LogP contribution in [0.25, 0.3) is 22.4 Å². The van der Waals surface area contributed by atoms with Crippen LogP contribution in [0.5, 0.6) is 0 Å². The van der Waals surface area contributed by atoms with Crippen LogP contribution in [0.15, 0.2) is 56.6 Å². The summed E-state index contributed by atoms with van der Waals surface area (Å²) < 4.78 is 32.5. The lowest BCUT2D eigenvalue weighted by atomic mass is 10.2. The topological polar surface area (TPSA) is 95.8 Å². The summed E-state index contributed by atoms with van der Waals surface area (Å²) in [6.45, 7) is -0.0390. The number of para-hydroxylation sites is 1. The molecule has 0 saturated heterocycles. The maximum absolute atomic E-state index is 12.7. The summed E-state index contributed by atoms with van der Waals surface area (Å²) in [7, 11) is 1.59. The molecule has 0 amide bonds. The summed E-state index contributed by atoms with van der Waals surface area (Å²) in [6, 6.07) is 9.94. The fraction of sp³-hybridized carbons (Fsp3) is 0.167. The number of hydrogen-bond acceptors (Lipinski definition) is 6. The van der Waals surface area contributed by atoms with Gasteiger partial charge in [-0.2, -0.15) is 8.78 Å². The van der Waals surface area contributed by atoms with Crippen molar-refractivity contribution in [2.24, 2.45) is 7.05 Å². The average Bonchev–Trinajstić information content (AvgIpc) is 3.21. The van der Waals surface area contributed by atoms with E-state index in [0.29, 0.717) is 22.2 Å². The van der Waals surface area contributed by atoms with Gasteiger partial charge in [0, 0.05) is 13.2 Å². The number of aryl methyl sites for hydroxylation is 1. The second-order valence-electron chi connectivity index (χ2n) is 6.03. The Morgan fingerprint density at radius 2 is 1.89 bits per heavy atom. The van der Waals surface area contributed by atoms with Crippen LogP contribution in [0, 0.1) is 0 Å². The molecule has 4 aromatic rings. The molecule has 142 valence electrons. The van der Waals surface area contributed by atoms with Crippen LogP contribution in [0.1, 0.15) is 18.0 Å². The van der Waals surface area contributed by atoms with E-state index >= 15 is 0 Å². The summed E-state index contributed by atoms with van der Waals surface area (Å²) in [5.74, 6) is -0.863. The minimum absolute atomic E-state index is 0.0390. The molecule has 28 heavy (non-hydrogen) atoms. The zero-order valence-electron chi connectivity index (χ0n) is 14.5. The van der Waals surface area contributed by atoms with Gasteiger partial charge in [0.15, 0.2) is 0 Å². The van der Waals surface area contributed by atoms with Crippen molar-refractivity contribution in [1.82, 2.24) is 24.3 Å². The van der Waals surface area contributed by atoms with Crippen molar-refractivity contribution in [3.05, 3.63) is 75.0 Å². The normalized spacial score (nSPS) is 11.4. The molecule has 0 saturated carbocycles. The Hall–Kier alpha value is -3.69. The second-order valence-corrected chi connectivity index (χ2v) is 6.03. The zero-order chi connectivity index (χ0) is 19.8. The number of aromatic nitrogens is 5. The second kappa shape index (κ2) is 6.80. The lowest BCUT2D eigenvalue weighted by molar-refractivity contribution is 0.116. The number of fused-ring (bicyclic) bond motifs is 1. The Labute approximate surface area is 155 Å². The average molecular weight is 385 g/mol. The Bertz CT molecular complexity index is 1280. The minimum Gasteiger partial charge on any atom is -0.415 e. The largest absolute Gasteiger partial charge is 0.415 e. The van der Waals surface area contributed by atoms with Crippen molar-refractivity contribution in [2.75, 3.05) is 0 Å². The molecular formula is C18H13F2N5O3. The number of nitrogens with zero attached hydrogens (tertiary/aromatic N) is 5. The van der Waals surface area contributed by atoms with Crippen LogP contribution < -0.4 is 11.2 Å². The Morgan fingerprint density at radius 3 is 2.57 bits per heavy atom. The SMILES string of the molecule is Cn1c(=O)n(Cc2ccc(-c3nnc(C(F)F)o3)cn2)c(=O)c2ccccc21. The van der Waals surface area contributed by atoms with Gasteiger partial charge in [0.1, 0.15) is 0 Å². The molecule has 0 aliphatic rings. The molecule has 3 heterocycles. The highest BCUT2D eigenvalue weighted by atomic mass is 19.3. The molecule has 0 atom stereocenters. The molecule has 0 N–H and O–H groups in total. The monoisotopic (exact) mass is 385 g/mol. The third-order valence-corrected chi connectivity index (χ3v) is 4.28. The first-order valence-electron chi connectivity index (χ1n) is 8.21. The van der Waals surface area contributed by atoms with E-state index in [1.807, 2.05) is 0 Å². The maximum atomic E-state index is 12.7. The van der Waals surface area contributed by atoms with Gasteiger partial charge in [-0.1, -0.05) is 12.1 Å². The third kappa shape index (κ3) is 2.98. The van der Waals surface area contributed by atoms with Crippen LogP contribution in [0.3, 0.4) is 0 Å². The number of pyridine rings is 1. The quantitative estimate of drug-likeness (QED) is 0.534. The molecule has 0 spiro atoms. The van der Waals surface area contributed by atoms with Gasteiger partial charge in [-0.3, -0.25) is 18.9 Å². The first-order valence-corrected chi connectivity index (χ1v) is 8.21. The molecule has 8 nitrogen and oxygen atoms in total. The molecule has 0 bridgehead atoms. The fourth-order valence-electron chi connectivity index (χ4n) is 2.85. The van der Waals surface area contributed by atoms with E-state index in [2.05, 4.69) is 15.2 Å². The van der Waals surface area contributed by atoms with Crippen molar-refractivity contribution < 1.29 is 13.2 Å². The van der Waals surface area contributed by atoms with Gasteiger partial charge in [0.25, 0.3) is 11.4 Å². The highest BCUT2D eigenvalue weighted by Gasteiger charge is 2.17. The molecule has 0 radical (unpaired) electrons. The van der Waals surface area contributed by atoms with Crippen molar-refractivity contribution in [3.63, 3.8) is 0 Å². The fourth-order valence-corrected chi connectivity index (χ4v) is 2.85. The molecule has 4 rings (SSSR count). The number of rotatable bonds is 4. The number of alkyl halides is 2. The highest BCUT2D eigenvalue weighted by Crippen LogP contribution is 2.22. The Kier molecular flexibility index (Phi) is 4.30. The molecule has 0 aliphatic heterocycles. The lowest BCUT2D eigenvalue weighted by Crippen LogP contribution is -2.39. The van der Waals surface area contributed by atoms with Gasteiger partial charge < -0.3 is 4.42 Å². The molecule has 0 aliphatic carbocycles. The maximum Gasteiger partial charge on any atom is 0.331 e. The lowest BCUT2D eigenvalue weighted by Gasteiger charge is -2.10. The highest BCUT2D eigenvalue weighted by molar-refractivity contribution is 5.77. The Morgan fingerprint density at radius 1 is 1.11 bits per heavy atom. The van der Waals surface area contributed by atoms with Gasteiger partial charge in [-0.25, -0.2) is 4.79 Å². The predicted octanol–water partition coefficient (Wildman–Crippen LogP) is 2.13. The summed E-state index contributed by atoms with van der Waals surface area (Å²) in [4.78, 5) is 29.4. The molecule has 10 heteroatoms. The molecule has 3 aromatic heterocycles. The summed E-state index contributed by atoms with van der Waals surface area (Å²) >= 11 is 0. The number of benzene rings is 1. The summed E-state index contributed by atoms with van der Waals surface area (Å²) in [5, 5.41) is 7.23. The molecule has 1 aromatic carbocycles. The van der Waals surface area contributed by atoms with Crippen LogP contribution in [0.2, 0.25) is 0 Å². The number of halogens is 2. The van der Waals surface area contributed by atoms with Crippen molar-refractivity contribution in [2.45, 2.75) is 13.0 Å². The van der Waals surface area contributed by atoms with E-state index in [-0.39, 0.29) is 12.4 Å². The van der Waals surface area contributed by atoms with E-state index in [9.17, 15) is 18.4 Å². The molecular weight excluding hydrogens is 372 g/mol. The minimum atomic E-state index is -2.86. The van der Waals surface area contributed by atoms with Crippen molar-refractivity contribution in [1.29, 1.82) is 0 Å². The van der Waals surface area contributed by atoms with Crippen LogP contribution in [-0.2, 0) is 13.6 Å². The van der Waals surface area contributed by atoms with Crippen LogP contribution >= 0.6 is 0 Å². The Balaban J connectivity index is 1.68. The van der Waals surface area contributed by atoms with E-state index in [1.165, 1.54) is 10.8 Å². The van der Waals surface area contributed by atoms with Crippen LogP contribution in [-0.4, -0.2) is 24.3 Å². The number of hydrogen-bond donors (Lipinski definition) is 0. The van der Waals surface area contributed by atoms with Crippen molar-refractivity contribution >= 4 is 10.9 Å². The summed E-state index contributed by atoms with van der Waals surface area (Å²) in [6.07, 6.45) is -1.50. The first kappa shape index (κ1) is 17.7. The van der Waals surface area contributed by atoms with Gasteiger partial charge in [0.05, 0.1) is 28.7 Å². The first-order chi connectivity index (χ1) is 13.5. The smallest absolute Gasteiger partial charge is 0.331 e. The van der Waals surface area contributed by atoms with Gasteiger partial charge in [-0.05, 0) is 24.3 Å². The van der Waals surface area contributed by atoms with E-state index in [1.54, 1.807) is 43.4 Å². The van der Waals surface area contributed by atoms with E-state index < -0.39 is 23.6 Å². The van der Waals surface area contributed by atoms with Crippen molar-refractivity contribution in [3.8, 4) is 11.5 Å².